The van der Waals surface area contributed by atoms with Gasteiger partial charge in [0, 0.05) is 27.8 Å². The van der Waals surface area contributed by atoms with E-state index in [-0.39, 0.29) is 17.9 Å². The molecule has 1 unspecified atom stereocenters. The molecular weight excluding hydrogens is 557 g/mol. The average molecular weight is 592 g/mol. The van der Waals surface area contributed by atoms with Crippen LogP contribution in [0.3, 0.4) is 0 Å². The molecule has 5 rings (SSSR count). The Labute approximate surface area is 248 Å². The van der Waals surface area contributed by atoms with Crippen LogP contribution in [0.25, 0.3) is 10.1 Å². The number of rotatable bonds is 7. The maximum atomic E-state index is 14.0. The first kappa shape index (κ1) is 29.5. The van der Waals surface area contributed by atoms with Gasteiger partial charge in [-0.15, -0.1) is 11.3 Å². The predicted molar refractivity (Wildman–Crippen MR) is 162 cm³/mol. The summed E-state index contributed by atoms with van der Waals surface area (Å²) in [5.74, 6) is 0.884. The van der Waals surface area contributed by atoms with Gasteiger partial charge in [-0.2, -0.15) is 0 Å². The van der Waals surface area contributed by atoms with Crippen LogP contribution in [0, 0.1) is 19.7 Å². The molecule has 0 bridgehead atoms. The number of benzene rings is 3. The quantitative estimate of drug-likeness (QED) is 0.216. The molecule has 1 atom stereocenters. The summed E-state index contributed by atoms with van der Waals surface area (Å²) >= 11 is 1.30. The summed E-state index contributed by atoms with van der Waals surface area (Å²) in [6, 6.07) is 15.1. The van der Waals surface area contributed by atoms with Crippen LogP contribution in [0.4, 0.5) is 14.9 Å². The third-order valence-electron chi connectivity index (χ3n) is 6.67. The van der Waals surface area contributed by atoms with Crippen LogP contribution in [-0.4, -0.2) is 30.4 Å². The molecule has 0 aliphatic carbocycles. The van der Waals surface area contributed by atoms with Crippen molar-refractivity contribution in [2.24, 2.45) is 0 Å². The van der Waals surface area contributed by atoms with E-state index in [1.807, 2.05) is 18.2 Å². The zero-order chi connectivity index (χ0) is 30.0. The number of halogens is 1. The minimum atomic E-state index is -0.619. The van der Waals surface area contributed by atoms with Crippen molar-refractivity contribution in [3.8, 4) is 17.2 Å². The van der Waals surface area contributed by atoms with Crippen molar-refractivity contribution in [2.45, 2.75) is 65.8 Å². The maximum absolute atomic E-state index is 14.0. The molecule has 1 N–H and O–H groups in total. The monoisotopic (exact) mass is 591 g/mol. The number of ketones is 1. The number of thiophene rings is 1. The first-order valence-corrected chi connectivity index (χ1v) is 14.7. The third kappa shape index (κ3) is 6.91. The molecule has 1 fully saturated rings. The predicted octanol–water partition coefficient (Wildman–Crippen LogP) is 8.93. The van der Waals surface area contributed by atoms with Crippen LogP contribution in [0.15, 0.2) is 54.6 Å². The summed E-state index contributed by atoms with van der Waals surface area (Å²) in [6.45, 7) is 9.50. The van der Waals surface area contributed by atoms with Gasteiger partial charge in [-0.25, -0.2) is 9.18 Å². The molecule has 42 heavy (non-hydrogen) atoms. The molecule has 220 valence electrons. The van der Waals surface area contributed by atoms with Gasteiger partial charge in [0.25, 0.3) is 0 Å². The smallest absolute Gasteiger partial charge is 0.412 e. The van der Waals surface area contributed by atoms with Gasteiger partial charge in [-0.3, -0.25) is 10.1 Å². The van der Waals surface area contributed by atoms with Gasteiger partial charge in [0.2, 0.25) is 5.78 Å². The van der Waals surface area contributed by atoms with Gasteiger partial charge >= 0.3 is 6.09 Å². The Balaban J connectivity index is 1.48. The molecular formula is C33H34FNO6S. The number of anilines is 1. The summed E-state index contributed by atoms with van der Waals surface area (Å²) in [5.41, 5.74) is 1.46. The van der Waals surface area contributed by atoms with E-state index < -0.39 is 11.7 Å². The molecule has 7 nitrogen and oxygen atoms in total. The Morgan fingerprint density at radius 3 is 2.31 bits per heavy atom. The van der Waals surface area contributed by atoms with Crippen LogP contribution >= 0.6 is 11.3 Å². The standard InChI is InChI=1S/C33H34FNO6S/c1-19-16-21(34)17-20(2)28(19)29(36)31-30(40-23-11-9-22(10-12-23)35-32(37)41-33(3,4)5)25-14-13-24(18-26(25)42-31)39-27-8-6-7-15-38-27/h9-14,16-18,27H,6-8,15H2,1-5H3,(H,35,37). The van der Waals surface area contributed by atoms with E-state index >= 15 is 0 Å². The number of aryl methyl sites for hydroxylation is 2. The number of hydrogen-bond acceptors (Lipinski definition) is 7. The molecule has 0 saturated carbocycles. The Morgan fingerprint density at radius 1 is 0.976 bits per heavy atom. The van der Waals surface area contributed by atoms with Crippen LogP contribution in [-0.2, 0) is 9.47 Å². The van der Waals surface area contributed by atoms with Crippen LogP contribution in [0.1, 0.15) is 66.4 Å². The second-order valence-electron chi connectivity index (χ2n) is 11.3. The van der Waals surface area contributed by atoms with Crippen molar-refractivity contribution in [1.29, 1.82) is 0 Å². The van der Waals surface area contributed by atoms with Crippen molar-refractivity contribution in [3.63, 3.8) is 0 Å². The lowest BCUT2D eigenvalue weighted by Gasteiger charge is -2.23. The fourth-order valence-electron chi connectivity index (χ4n) is 4.86. The lowest BCUT2D eigenvalue weighted by molar-refractivity contribution is -0.105. The molecule has 1 aromatic heterocycles. The Morgan fingerprint density at radius 2 is 1.67 bits per heavy atom. The lowest BCUT2D eigenvalue weighted by atomic mass is 9.97. The number of carbonyl (C=O) groups is 2. The van der Waals surface area contributed by atoms with E-state index in [4.69, 9.17) is 18.9 Å². The van der Waals surface area contributed by atoms with Crippen LogP contribution in [0.5, 0.6) is 17.2 Å². The van der Waals surface area contributed by atoms with Crippen LogP contribution in [0.2, 0.25) is 0 Å². The minimum Gasteiger partial charge on any atom is -0.465 e. The van der Waals surface area contributed by atoms with E-state index in [0.717, 1.165) is 29.3 Å². The molecule has 4 aromatic rings. The van der Waals surface area contributed by atoms with Crippen molar-refractivity contribution in [1.82, 2.24) is 0 Å². The Hall–Kier alpha value is -3.95. The summed E-state index contributed by atoms with van der Waals surface area (Å²) < 4.78 is 38.3. The molecule has 0 spiro atoms. The summed E-state index contributed by atoms with van der Waals surface area (Å²) in [5, 5.41) is 3.44. The molecule has 3 aromatic carbocycles. The number of fused-ring (bicyclic) bond motifs is 1. The average Bonchev–Trinajstić information content (AvgIpc) is 3.26. The van der Waals surface area contributed by atoms with Crippen molar-refractivity contribution in [3.05, 3.63) is 82.0 Å². The van der Waals surface area contributed by atoms with E-state index in [0.29, 0.717) is 51.1 Å². The fourth-order valence-corrected chi connectivity index (χ4v) is 5.97. The van der Waals surface area contributed by atoms with Crippen molar-refractivity contribution < 1.29 is 32.9 Å². The molecule has 1 amide bonds. The molecule has 0 radical (unpaired) electrons. The molecule has 1 aliphatic rings. The van der Waals surface area contributed by atoms with E-state index in [2.05, 4.69) is 5.32 Å². The first-order chi connectivity index (χ1) is 20.0. The molecule has 9 heteroatoms. The van der Waals surface area contributed by atoms with Crippen molar-refractivity contribution in [2.75, 3.05) is 11.9 Å². The highest BCUT2D eigenvalue weighted by atomic mass is 32.1. The minimum absolute atomic E-state index is 0.248. The van der Waals surface area contributed by atoms with Crippen molar-refractivity contribution >= 4 is 39.0 Å². The highest BCUT2D eigenvalue weighted by Gasteiger charge is 2.26. The topological polar surface area (TPSA) is 83.1 Å². The molecule has 1 aliphatic heterocycles. The Bertz CT molecular complexity index is 1590. The van der Waals surface area contributed by atoms with Gasteiger partial charge in [-0.1, -0.05) is 0 Å². The molecule has 1 saturated heterocycles. The normalized spacial score (nSPS) is 15.3. The fraction of sp³-hybridized carbons (Fsp3) is 0.333. The van der Waals surface area contributed by atoms with Gasteiger partial charge in [0.05, 0.1) is 6.61 Å². The largest absolute Gasteiger partial charge is 0.465 e. The zero-order valence-corrected chi connectivity index (χ0v) is 25.2. The van der Waals surface area contributed by atoms with Gasteiger partial charge in [0.15, 0.2) is 12.0 Å². The third-order valence-corrected chi connectivity index (χ3v) is 7.80. The summed E-state index contributed by atoms with van der Waals surface area (Å²) in [7, 11) is 0. The second-order valence-corrected chi connectivity index (χ2v) is 12.4. The van der Waals surface area contributed by atoms with Gasteiger partial charge in [0.1, 0.15) is 27.8 Å². The van der Waals surface area contributed by atoms with E-state index in [1.54, 1.807) is 58.9 Å². The number of nitrogens with one attached hydrogen (secondary N) is 1. The molecule has 2 heterocycles. The highest BCUT2D eigenvalue weighted by Crippen LogP contribution is 2.43. The SMILES string of the molecule is Cc1cc(F)cc(C)c1C(=O)c1sc2cc(OC3CCCCO3)ccc2c1Oc1ccc(NC(=O)OC(C)(C)C)cc1. The number of amides is 1. The zero-order valence-electron chi connectivity index (χ0n) is 24.3. The van der Waals surface area contributed by atoms with E-state index in [9.17, 15) is 14.0 Å². The Kier molecular flexibility index (Phi) is 8.52. The van der Waals surface area contributed by atoms with E-state index in [1.165, 1.54) is 23.5 Å². The summed E-state index contributed by atoms with van der Waals surface area (Å²) in [6.07, 6.45) is 2.03. The number of ether oxygens (including phenoxy) is 4. The van der Waals surface area contributed by atoms with Gasteiger partial charge < -0.3 is 18.9 Å². The summed E-state index contributed by atoms with van der Waals surface area (Å²) in [4.78, 5) is 26.5. The highest BCUT2D eigenvalue weighted by molar-refractivity contribution is 7.21. The lowest BCUT2D eigenvalue weighted by Crippen LogP contribution is -2.27. The van der Waals surface area contributed by atoms with Crippen LogP contribution < -0.4 is 14.8 Å². The number of hydrogen-bond donors (Lipinski definition) is 1. The first-order valence-electron chi connectivity index (χ1n) is 13.9. The van der Waals surface area contributed by atoms with Gasteiger partial charge in [-0.05, 0) is 113 Å². The maximum Gasteiger partial charge on any atom is 0.412 e. The number of carbonyl (C=O) groups excluding carboxylic acids is 2. The second kappa shape index (κ2) is 12.1.